The topological polar surface area (TPSA) is 29.3 Å². The van der Waals surface area contributed by atoms with Crippen molar-refractivity contribution in [2.24, 2.45) is 17.6 Å². The molecule has 1 aromatic rings. The van der Waals surface area contributed by atoms with Gasteiger partial charge < -0.3 is 10.6 Å². The summed E-state index contributed by atoms with van der Waals surface area (Å²) in [5.41, 5.74) is 7.50. The fraction of sp³-hybridized carbons (Fsp3) is 0.600. The van der Waals surface area contributed by atoms with Crippen molar-refractivity contribution in [1.29, 1.82) is 0 Å². The summed E-state index contributed by atoms with van der Waals surface area (Å²) in [6, 6.07) is 10.6. The lowest BCUT2D eigenvalue weighted by Crippen LogP contribution is -2.61. The van der Waals surface area contributed by atoms with Gasteiger partial charge in [0.25, 0.3) is 0 Å². The number of benzene rings is 1. The van der Waals surface area contributed by atoms with E-state index in [-0.39, 0.29) is 5.54 Å². The Bertz CT molecular complexity index is 352. The van der Waals surface area contributed by atoms with Gasteiger partial charge in [-0.1, -0.05) is 32.0 Å². The van der Waals surface area contributed by atoms with Gasteiger partial charge >= 0.3 is 0 Å². The Kier molecular flexibility index (Phi) is 3.43. The van der Waals surface area contributed by atoms with Crippen molar-refractivity contribution in [2.45, 2.75) is 32.2 Å². The quantitative estimate of drug-likeness (QED) is 0.865. The third kappa shape index (κ3) is 2.19. The van der Waals surface area contributed by atoms with Crippen molar-refractivity contribution in [3.05, 3.63) is 30.3 Å². The summed E-state index contributed by atoms with van der Waals surface area (Å²) in [7, 11) is 2.18. The summed E-state index contributed by atoms with van der Waals surface area (Å²) in [6.07, 6.45) is 2.46. The summed E-state index contributed by atoms with van der Waals surface area (Å²) in [6.45, 7) is 5.38. The molecule has 17 heavy (non-hydrogen) atoms. The van der Waals surface area contributed by atoms with Crippen LogP contribution in [-0.2, 0) is 0 Å². The number of hydrogen-bond donors (Lipinski definition) is 1. The normalized spacial score (nSPS) is 27.9. The first-order valence-corrected chi connectivity index (χ1v) is 6.58. The molecule has 2 nitrogen and oxygen atoms in total. The second-order valence-corrected chi connectivity index (χ2v) is 5.74. The number of nitrogens with two attached hydrogens (primary N) is 1. The largest absolute Gasteiger partial charge is 0.368 e. The van der Waals surface area contributed by atoms with Gasteiger partial charge in [-0.15, -0.1) is 0 Å². The Morgan fingerprint density at radius 2 is 1.88 bits per heavy atom. The minimum Gasteiger partial charge on any atom is -0.368 e. The van der Waals surface area contributed by atoms with Crippen LogP contribution in [0.1, 0.15) is 26.7 Å². The third-order valence-electron chi connectivity index (χ3n) is 4.46. The molecule has 1 saturated carbocycles. The molecule has 0 bridgehead atoms. The van der Waals surface area contributed by atoms with Gasteiger partial charge in [-0.05, 0) is 36.8 Å². The first-order valence-electron chi connectivity index (χ1n) is 6.58. The van der Waals surface area contributed by atoms with Crippen LogP contribution in [0.25, 0.3) is 0 Å². The average molecular weight is 232 g/mol. The second-order valence-electron chi connectivity index (χ2n) is 5.74. The number of nitrogens with zero attached hydrogens (tertiary/aromatic N) is 1. The van der Waals surface area contributed by atoms with Crippen LogP contribution >= 0.6 is 0 Å². The number of rotatable bonds is 4. The van der Waals surface area contributed by atoms with Crippen LogP contribution in [0.3, 0.4) is 0 Å². The molecule has 2 rings (SSSR count). The molecule has 1 aromatic carbocycles. The maximum atomic E-state index is 6.03. The Balaban J connectivity index is 2.11. The lowest BCUT2D eigenvalue weighted by Gasteiger charge is -2.55. The molecule has 2 N–H and O–H groups in total. The highest BCUT2D eigenvalue weighted by atomic mass is 15.2. The highest BCUT2D eigenvalue weighted by Gasteiger charge is 2.47. The first-order chi connectivity index (χ1) is 8.09. The Morgan fingerprint density at radius 3 is 2.35 bits per heavy atom. The van der Waals surface area contributed by atoms with Gasteiger partial charge in [0.1, 0.15) is 0 Å². The number of likely N-dealkylation sites (N-methyl/N-ethyl adjacent to an activating group) is 1. The molecular formula is C15H24N2. The SMILES string of the molecule is CC(C)C1CC(CN)(N(C)c2ccccc2)C1. The van der Waals surface area contributed by atoms with E-state index in [1.807, 2.05) is 0 Å². The molecule has 0 radical (unpaired) electrons. The zero-order valence-corrected chi connectivity index (χ0v) is 11.2. The second kappa shape index (κ2) is 4.69. The Hall–Kier alpha value is -1.02. The summed E-state index contributed by atoms with van der Waals surface area (Å²) in [4.78, 5) is 2.38. The summed E-state index contributed by atoms with van der Waals surface area (Å²) in [5, 5.41) is 0. The van der Waals surface area contributed by atoms with Gasteiger partial charge in [0.05, 0.1) is 5.54 Å². The monoisotopic (exact) mass is 232 g/mol. The van der Waals surface area contributed by atoms with Crippen molar-refractivity contribution < 1.29 is 0 Å². The molecule has 0 unspecified atom stereocenters. The van der Waals surface area contributed by atoms with Crippen molar-refractivity contribution in [2.75, 3.05) is 18.5 Å². The van der Waals surface area contributed by atoms with Crippen LogP contribution in [0, 0.1) is 11.8 Å². The van der Waals surface area contributed by atoms with Crippen molar-refractivity contribution in [1.82, 2.24) is 0 Å². The van der Waals surface area contributed by atoms with E-state index in [4.69, 9.17) is 5.73 Å². The van der Waals surface area contributed by atoms with Crippen molar-refractivity contribution in [3.8, 4) is 0 Å². The molecule has 0 atom stereocenters. The lowest BCUT2D eigenvalue weighted by molar-refractivity contribution is 0.107. The predicted molar refractivity (Wildman–Crippen MR) is 74.2 cm³/mol. The van der Waals surface area contributed by atoms with Crippen LogP contribution in [0.2, 0.25) is 0 Å². The molecule has 0 aliphatic heterocycles. The van der Waals surface area contributed by atoms with Gasteiger partial charge in [-0.25, -0.2) is 0 Å². The number of para-hydroxylation sites is 1. The molecule has 0 spiro atoms. The molecule has 2 heteroatoms. The Labute approximate surface area is 105 Å². The Morgan fingerprint density at radius 1 is 1.29 bits per heavy atom. The van der Waals surface area contributed by atoms with E-state index in [1.54, 1.807) is 0 Å². The summed E-state index contributed by atoms with van der Waals surface area (Å²) >= 11 is 0. The lowest BCUT2D eigenvalue weighted by atomic mass is 9.63. The molecular weight excluding hydrogens is 208 g/mol. The maximum absolute atomic E-state index is 6.03. The van der Waals surface area contributed by atoms with E-state index < -0.39 is 0 Å². The molecule has 1 aliphatic rings. The van der Waals surface area contributed by atoms with E-state index in [0.717, 1.165) is 18.4 Å². The van der Waals surface area contributed by atoms with E-state index in [9.17, 15) is 0 Å². The summed E-state index contributed by atoms with van der Waals surface area (Å²) < 4.78 is 0. The molecule has 1 aliphatic carbocycles. The standard InChI is InChI=1S/C15H24N2/c1-12(2)13-9-15(10-13,11-16)17(3)14-7-5-4-6-8-14/h4-8,12-13H,9-11,16H2,1-3H3. The number of hydrogen-bond acceptors (Lipinski definition) is 2. The predicted octanol–water partition coefficient (Wildman–Crippen LogP) is 2.89. The highest BCUT2D eigenvalue weighted by Crippen LogP contribution is 2.46. The van der Waals surface area contributed by atoms with Crippen LogP contribution in [0.4, 0.5) is 5.69 Å². The van der Waals surface area contributed by atoms with E-state index >= 15 is 0 Å². The molecule has 94 valence electrons. The molecule has 0 saturated heterocycles. The van der Waals surface area contributed by atoms with Crippen LogP contribution in [-0.4, -0.2) is 19.1 Å². The van der Waals surface area contributed by atoms with E-state index in [0.29, 0.717) is 0 Å². The molecule has 1 fully saturated rings. The zero-order chi connectivity index (χ0) is 12.5. The first kappa shape index (κ1) is 12.4. The van der Waals surface area contributed by atoms with Crippen molar-refractivity contribution >= 4 is 5.69 Å². The van der Waals surface area contributed by atoms with E-state index in [1.165, 1.54) is 18.5 Å². The fourth-order valence-electron chi connectivity index (χ4n) is 2.89. The van der Waals surface area contributed by atoms with Gasteiger partial charge in [0.15, 0.2) is 0 Å². The van der Waals surface area contributed by atoms with Crippen molar-refractivity contribution in [3.63, 3.8) is 0 Å². The minimum absolute atomic E-state index is 0.191. The van der Waals surface area contributed by atoms with Crippen LogP contribution < -0.4 is 10.6 Å². The third-order valence-corrected chi connectivity index (χ3v) is 4.46. The smallest absolute Gasteiger partial charge is 0.0526 e. The maximum Gasteiger partial charge on any atom is 0.0526 e. The zero-order valence-electron chi connectivity index (χ0n) is 11.2. The van der Waals surface area contributed by atoms with Gasteiger partial charge in [-0.3, -0.25) is 0 Å². The van der Waals surface area contributed by atoms with Gasteiger partial charge in [-0.2, -0.15) is 0 Å². The molecule has 0 amide bonds. The van der Waals surface area contributed by atoms with Gasteiger partial charge in [0, 0.05) is 19.3 Å². The minimum atomic E-state index is 0.191. The summed E-state index contributed by atoms with van der Waals surface area (Å²) in [5.74, 6) is 1.61. The fourth-order valence-corrected chi connectivity index (χ4v) is 2.89. The van der Waals surface area contributed by atoms with Crippen LogP contribution in [0.15, 0.2) is 30.3 Å². The highest BCUT2D eigenvalue weighted by molar-refractivity contribution is 5.49. The molecule has 0 aromatic heterocycles. The average Bonchev–Trinajstić information content (AvgIpc) is 2.29. The van der Waals surface area contributed by atoms with Gasteiger partial charge in [0.2, 0.25) is 0 Å². The molecule has 0 heterocycles. The van der Waals surface area contributed by atoms with Crippen LogP contribution in [0.5, 0.6) is 0 Å². The van der Waals surface area contributed by atoms with E-state index in [2.05, 4.69) is 56.1 Å². The number of anilines is 1.